The summed E-state index contributed by atoms with van der Waals surface area (Å²) in [6.45, 7) is 0.0616. The summed E-state index contributed by atoms with van der Waals surface area (Å²) in [7, 11) is -4.10. The van der Waals surface area contributed by atoms with Crippen molar-refractivity contribution >= 4 is 45.1 Å². The number of benzene rings is 3. The Morgan fingerprint density at radius 1 is 0.886 bits per heavy atom. The number of hydrogen-bond donors (Lipinski definition) is 4. The number of aliphatic carboxylic acids is 1. The van der Waals surface area contributed by atoms with E-state index in [9.17, 15) is 28.2 Å². The molecule has 1 amide bonds. The van der Waals surface area contributed by atoms with Crippen molar-refractivity contribution < 1.29 is 28.2 Å². The van der Waals surface area contributed by atoms with Crippen LogP contribution in [0, 0.1) is 0 Å². The maximum Gasteiger partial charge on any atom is 0.321 e. The van der Waals surface area contributed by atoms with Crippen LogP contribution in [0.15, 0.2) is 71.6 Å². The van der Waals surface area contributed by atoms with E-state index >= 15 is 0 Å². The molecule has 0 fully saturated rings. The van der Waals surface area contributed by atoms with Gasteiger partial charge < -0.3 is 15.5 Å². The number of carbonyl (C=O) groups is 2. The summed E-state index contributed by atoms with van der Waals surface area (Å²) in [5.74, 6) is -2.17. The molecule has 0 radical (unpaired) electrons. The first-order valence-corrected chi connectivity index (χ1v) is 12.7. The standard InChI is InChI=1S/C24H22Cl2N2O6S/c25-17-7-3-15(4-8-17)16-5-10-19(11-6-16)35(33,34)28-21(24(31)32)2-1-13-27-23(30)20-14-18(26)9-12-22(20)29/h3-12,14,21,28-29H,1-2,13H2,(H,27,30)(H,31,32)/t21-/m0/s1. The van der Waals surface area contributed by atoms with Gasteiger partial charge in [0.25, 0.3) is 5.91 Å². The van der Waals surface area contributed by atoms with Gasteiger partial charge in [0.15, 0.2) is 0 Å². The zero-order chi connectivity index (χ0) is 25.6. The average Bonchev–Trinajstić information content (AvgIpc) is 2.82. The van der Waals surface area contributed by atoms with Crippen molar-refractivity contribution in [1.29, 1.82) is 0 Å². The SMILES string of the molecule is O=C(NCCC[C@H](NS(=O)(=O)c1ccc(-c2ccc(Cl)cc2)cc1)C(=O)O)c1cc(Cl)ccc1O. The van der Waals surface area contributed by atoms with Gasteiger partial charge in [-0.2, -0.15) is 4.72 Å². The van der Waals surface area contributed by atoms with E-state index in [2.05, 4.69) is 10.0 Å². The lowest BCUT2D eigenvalue weighted by atomic mass is 10.1. The van der Waals surface area contributed by atoms with Crippen LogP contribution in [0.2, 0.25) is 10.0 Å². The predicted octanol–water partition coefficient (Wildman–Crippen LogP) is 4.31. The maximum atomic E-state index is 12.7. The lowest BCUT2D eigenvalue weighted by Gasteiger charge is -2.15. The molecule has 0 aromatic heterocycles. The Kier molecular flexibility index (Phi) is 8.74. The minimum absolute atomic E-state index is 0.0185. The summed E-state index contributed by atoms with van der Waals surface area (Å²) in [4.78, 5) is 23.7. The van der Waals surface area contributed by atoms with Crippen molar-refractivity contribution in [2.24, 2.45) is 0 Å². The van der Waals surface area contributed by atoms with Crippen molar-refractivity contribution in [3.8, 4) is 16.9 Å². The molecule has 0 heterocycles. The first-order chi connectivity index (χ1) is 16.6. The maximum absolute atomic E-state index is 12.7. The van der Waals surface area contributed by atoms with Crippen LogP contribution in [-0.2, 0) is 14.8 Å². The third kappa shape index (κ3) is 7.19. The number of phenolic OH excluding ortho intramolecular Hbond substituents is 1. The number of hydrogen-bond acceptors (Lipinski definition) is 5. The Morgan fingerprint density at radius 3 is 2.06 bits per heavy atom. The molecule has 1 atom stereocenters. The number of aromatic hydroxyl groups is 1. The second-order valence-electron chi connectivity index (χ2n) is 7.60. The van der Waals surface area contributed by atoms with Crippen molar-refractivity contribution in [2.75, 3.05) is 6.54 Å². The lowest BCUT2D eigenvalue weighted by Crippen LogP contribution is -2.41. The molecule has 0 unspecified atom stereocenters. The fourth-order valence-electron chi connectivity index (χ4n) is 3.25. The van der Waals surface area contributed by atoms with Gasteiger partial charge >= 0.3 is 5.97 Å². The lowest BCUT2D eigenvalue weighted by molar-refractivity contribution is -0.139. The third-order valence-electron chi connectivity index (χ3n) is 5.10. The van der Waals surface area contributed by atoms with Gasteiger partial charge in [-0.3, -0.25) is 9.59 Å². The predicted molar refractivity (Wildman–Crippen MR) is 133 cm³/mol. The third-order valence-corrected chi connectivity index (χ3v) is 7.07. The second-order valence-corrected chi connectivity index (χ2v) is 10.2. The molecule has 8 nitrogen and oxygen atoms in total. The van der Waals surface area contributed by atoms with E-state index in [-0.39, 0.29) is 40.6 Å². The molecular formula is C24H22Cl2N2O6S. The molecule has 0 spiro atoms. The molecule has 0 bridgehead atoms. The van der Waals surface area contributed by atoms with Gasteiger partial charge in [-0.15, -0.1) is 0 Å². The molecule has 184 valence electrons. The highest BCUT2D eigenvalue weighted by atomic mass is 35.5. The van der Waals surface area contributed by atoms with Gasteiger partial charge in [0.2, 0.25) is 10.0 Å². The summed E-state index contributed by atoms with van der Waals surface area (Å²) in [5.41, 5.74) is 1.61. The molecule has 0 aliphatic rings. The zero-order valence-electron chi connectivity index (χ0n) is 18.2. The minimum Gasteiger partial charge on any atom is -0.507 e. The van der Waals surface area contributed by atoms with Crippen molar-refractivity contribution in [3.05, 3.63) is 82.3 Å². The highest BCUT2D eigenvalue weighted by Gasteiger charge is 2.25. The number of halogens is 2. The highest BCUT2D eigenvalue weighted by molar-refractivity contribution is 7.89. The number of sulfonamides is 1. The Morgan fingerprint density at radius 2 is 1.46 bits per heavy atom. The molecule has 35 heavy (non-hydrogen) atoms. The zero-order valence-corrected chi connectivity index (χ0v) is 20.6. The summed E-state index contributed by atoms with van der Waals surface area (Å²) in [6, 6.07) is 15.7. The number of carboxylic acids is 1. The smallest absolute Gasteiger partial charge is 0.321 e. The van der Waals surface area contributed by atoms with Crippen LogP contribution in [0.1, 0.15) is 23.2 Å². The van der Waals surface area contributed by atoms with Gasteiger partial charge in [0.1, 0.15) is 11.8 Å². The first-order valence-electron chi connectivity index (χ1n) is 10.4. The van der Waals surface area contributed by atoms with E-state index in [1.165, 1.54) is 30.3 Å². The minimum atomic E-state index is -4.10. The van der Waals surface area contributed by atoms with Crippen LogP contribution in [-0.4, -0.2) is 43.1 Å². The molecule has 3 rings (SSSR count). The van der Waals surface area contributed by atoms with E-state index in [1.54, 1.807) is 36.4 Å². The van der Waals surface area contributed by atoms with E-state index in [0.717, 1.165) is 11.1 Å². The van der Waals surface area contributed by atoms with Crippen LogP contribution >= 0.6 is 23.2 Å². The fourth-order valence-corrected chi connectivity index (χ4v) is 4.77. The number of carboxylic acid groups (broad SMARTS) is 1. The molecule has 3 aromatic carbocycles. The topological polar surface area (TPSA) is 133 Å². The number of phenols is 1. The van der Waals surface area contributed by atoms with Gasteiger partial charge in [0.05, 0.1) is 10.5 Å². The van der Waals surface area contributed by atoms with Crippen molar-refractivity contribution in [1.82, 2.24) is 10.0 Å². The summed E-state index contributed by atoms with van der Waals surface area (Å²) >= 11 is 11.7. The summed E-state index contributed by atoms with van der Waals surface area (Å²) in [5, 5.41) is 22.7. The van der Waals surface area contributed by atoms with Gasteiger partial charge in [-0.05, 0) is 66.4 Å². The molecule has 4 N–H and O–H groups in total. The Bertz CT molecular complexity index is 1310. The number of carbonyl (C=O) groups excluding carboxylic acids is 1. The molecule has 0 aliphatic carbocycles. The van der Waals surface area contributed by atoms with Crippen LogP contribution in [0.4, 0.5) is 0 Å². The van der Waals surface area contributed by atoms with E-state index in [0.29, 0.717) is 5.02 Å². The first kappa shape index (κ1) is 26.5. The van der Waals surface area contributed by atoms with Gasteiger partial charge in [0, 0.05) is 16.6 Å². The fraction of sp³-hybridized carbons (Fsp3) is 0.167. The van der Waals surface area contributed by atoms with Crippen molar-refractivity contribution in [3.63, 3.8) is 0 Å². The van der Waals surface area contributed by atoms with Crippen LogP contribution < -0.4 is 10.0 Å². The molecule has 0 aliphatic heterocycles. The number of amides is 1. The van der Waals surface area contributed by atoms with Crippen LogP contribution in [0.3, 0.4) is 0 Å². The Balaban J connectivity index is 1.59. The number of nitrogens with one attached hydrogen (secondary N) is 2. The van der Waals surface area contributed by atoms with Gasteiger partial charge in [-0.25, -0.2) is 8.42 Å². The molecule has 11 heteroatoms. The Labute approximate surface area is 212 Å². The highest BCUT2D eigenvalue weighted by Crippen LogP contribution is 2.24. The monoisotopic (exact) mass is 536 g/mol. The Hall–Kier alpha value is -3.11. The average molecular weight is 537 g/mol. The van der Waals surface area contributed by atoms with E-state index in [4.69, 9.17) is 23.2 Å². The van der Waals surface area contributed by atoms with E-state index in [1.807, 2.05) is 0 Å². The second kappa shape index (κ2) is 11.5. The largest absolute Gasteiger partial charge is 0.507 e. The normalized spacial score (nSPS) is 12.2. The van der Waals surface area contributed by atoms with Gasteiger partial charge in [-0.1, -0.05) is 47.5 Å². The molecule has 0 saturated heterocycles. The van der Waals surface area contributed by atoms with Crippen molar-refractivity contribution in [2.45, 2.75) is 23.8 Å². The molecular weight excluding hydrogens is 515 g/mol. The number of rotatable bonds is 10. The molecule has 0 saturated carbocycles. The van der Waals surface area contributed by atoms with Crippen LogP contribution in [0.5, 0.6) is 5.75 Å². The van der Waals surface area contributed by atoms with Crippen LogP contribution in [0.25, 0.3) is 11.1 Å². The molecule has 3 aromatic rings. The summed E-state index contributed by atoms with van der Waals surface area (Å²) < 4.78 is 27.7. The van der Waals surface area contributed by atoms with E-state index < -0.39 is 27.9 Å². The quantitative estimate of drug-likeness (QED) is 0.285. The summed E-state index contributed by atoms with van der Waals surface area (Å²) in [6.07, 6.45) is 0.0985.